The van der Waals surface area contributed by atoms with Crippen molar-refractivity contribution in [3.05, 3.63) is 59.9 Å². The Hall–Kier alpha value is -3.22. The molecule has 6 nitrogen and oxygen atoms in total. The fourth-order valence-corrected chi connectivity index (χ4v) is 2.48. The molecule has 0 aliphatic heterocycles. The molecule has 2 N–H and O–H groups in total. The number of hydrazone groups is 1. The Morgan fingerprint density at radius 1 is 1.04 bits per heavy atom. The molecule has 27 heavy (non-hydrogen) atoms. The van der Waals surface area contributed by atoms with Crippen LogP contribution in [0.4, 0.5) is 15.8 Å². The van der Waals surface area contributed by atoms with Crippen LogP contribution >= 0.6 is 0 Å². The number of rotatable bonds is 8. The molecular formula is C20H23FN4O2. The van der Waals surface area contributed by atoms with Crippen molar-refractivity contribution in [3.8, 4) is 0 Å². The van der Waals surface area contributed by atoms with Gasteiger partial charge in [0.2, 0.25) is 11.8 Å². The van der Waals surface area contributed by atoms with Crippen molar-refractivity contribution < 1.29 is 14.0 Å². The number of anilines is 2. The molecule has 0 unspecified atom stereocenters. The maximum Gasteiger partial charge on any atom is 0.249 e. The first-order chi connectivity index (χ1) is 13.0. The standard InChI is InChI=1S/C20H23FN4O2/c1-3-25(4-2)16-11-9-15(10-12-16)14-22-24-20(27)13-19(26)23-18-8-6-5-7-17(18)21/h5-12,14H,3-4,13H2,1-2H3,(H,23,26)(H,24,27). The zero-order valence-electron chi connectivity index (χ0n) is 15.4. The molecule has 0 saturated carbocycles. The summed E-state index contributed by atoms with van der Waals surface area (Å²) in [7, 11) is 0. The fraction of sp³-hybridized carbons (Fsp3) is 0.250. The van der Waals surface area contributed by atoms with Gasteiger partial charge in [-0.3, -0.25) is 9.59 Å². The quantitative estimate of drug-likeness (QED) is 0.426. The van der Waals surface area contributed by atoms with Crippen LogP contribution in [0.1, 0.15) is 25.8 Å². The third-order valence-corrected chi connectivity index (χ3v) is 3.89. The van der Waals surface area contributed by atoms with Gasteiger partial charge in [-0.25, -0.2) is 9.82 Å². The molecule has 0 bridgehead atoms. The maximum atomic E-state index is 13.5. The van der Waals surface area contributed by atoms with Crippen LogP contribution in [0.2, 0.25) is 0 Å². The predicted octanol–water partition coefficient (Wildman–Crippen LogP) is 3.15. The molecule has 142 valence electrons. The van der Waals surface area contributed by atoms with Crippen molar-refractivity contribution in [3.63, 3.8) is 0 Å². The zero-order valence-corrected chi connectivity index (χ0v) is 15.4. The summed E-state index contributed by atoms with van der Waals surface area (Å²) < 4.78 is 13.5. The van der Waals surface area contributed by atoms with Crippen LogP contribution in [0, 0.1) is 5.82 Å². The molecule has 0 radical (unpaired) electrons. The number of amides is 2. The number of carbonyl (C=O) groups is 2. The van der Waals surface area contributed by atoms with Crippen LogP contribution in [0.25, 0.3) is 0 Å². The SMILES string of the molecule is CCN(CC)c1ccc(C=NNC(=O)CC(=O)Nc2ccccc2F)cc1. The van der Waals surface area contributed by atoms with Crippen molar-refractivity contribution in [2.45, 2.75) is 20.3 Å². The Balaban J connectivity index is 1.82. The highest BCUT2D eigenvalue weighted by molar-refractivity contribution is 6.03. The van der Waals surface area contributed by atoms with E-state index in [-0.39, 0.29) is 5.69 Å². The summed E-state index contributed by atoms with van der Waals surface area (Å²) in [6.07, 6.45) is 1.05. The second kappa shape index (κ2) is 10.1. The lowest BCUT2D eigenvalue weighted by Crippen LogP contribution is -2.25. The average Bonchev–Trinajstić information content (AvgIpc) is 2.66. The van der Waals surface area contributed by atoms with E-state index >= 15 is 0 Å². The third kappa shape index (κ3) is 6.22. The Bertz CT molecular complexity index is 802. The van der Waals surface area contributed by atoms with Gasteiger partial charge in [-0.15, -0.1) is 0 Å². The minimum atomic E-state index is -0.614. The number of nitrogens with one attached hydrogen (secondary N) is 2. The Kier molecular flexibility index (Phi) is 7.49. The first-order valence-electron chi connectivity index (χ1n) is 8.74. The molecule has 0 aliphatic rings. The first kappa shape index (κ1) is 20.1. The predicted molar refractivity (Wildman–Crippen MR) is 105 cm³/mol. The Labute approximate surface area is 158 Å². The summed E-state index contributed by atoms with van der Waals surface area (Å²) in [5.41, 5.74) is 4.26. The summed E-state index contributed by atoms with van der Waals surface area (Å²) in [6.45, 7) is 6.04. The number of nitrogens with zero attached hydrogens (tertiary/aromatic N) is 2. The third-order valence-electron chi connectivity index (χ3n) is 3.89. The van der Waals surface area contributed by atoms with E-state index in [0.717, 1.165) is 24.3 Å². The van der Waals surface area contributed by atoms with Gasteiger partial charge in [0, 0.05) is 18.8 Å². The maximum absolute atomic E-state index is 13.5. The van der Waals surface area contributed by atoms with Crippen molar-refractivity contribution in [1.29, 1.82) is 0 Å². The number of carbonyl (C=O) groups excluding carboxylic acids is 2. The van der Waals surface area contributed by atoms with Crippen molar-refractivity contribution in [2.75, 3.05) is 23.3 Å². The van der Waals surface area contributed by atoms with Crippen LogP contribution in [0.3, 0.4) is 0 Å². The topological polar surface area (TPSA) is 73.8 Å². The van der Waals surface area contributed by atoms with Crippen molar-refractivity contribution in [1.82, 2.24) is 5.43 Å². The molecule has 0 aromatic heterocycles. The highest BCUT2D eigenvalue weighted by Crippen LogP contribution is 2.14. The molecule has 2 amide bonds. The van der Waals surface area contributed by atoms with Gasteiger partial charge in [0.25, 0.3) is 0 Å². The highest BCUT2D eigenvalue weighted by atomic mass is 19.1. The number of halogens is 1. The molecule has 0 aliphatic carbocycles. The summed E-state index contributed by atoms with van der Waals surface area (Å²) in [5, 5.41) is 6.19. The smallest absolute Gasteiger partial charge is 0.249 e. The molecule has 0 heterocycles. The van der Waals surface area contributed by atoms with Gasteiger partial charge < -0.3 is 10.2 Å². The molecule has 2 rings (SSSR count). The molecule has 0 spiro atoms. The van der Waals surface area contributed by atoms with Gasteiger partial charge in [0.15, 0.2) is 0 Å². The number of hydrogen-bond donors (Lipinski definition) is 2. The number of hydrogen-bond acceptors (Lipinski definition) is 4. The molecule has 7 heteroatoms. The lowest BCUT2D eigenvalue weighted by molar-refractivity contribution is -0.126. The monoisotopic (exact) mass is 370 g/mol. The van der Waals surface area contributed by atoms with Gasteiger partial charge in [-0.05, 0) is 43.7 Å². The van der Waals surface area contributed by atoms with E-state index in [1.165, 1.54) is 24.4 Å². The first-order valence-corrected chi connectivity index (χ1v) is 8.74. The largest absolute Gasteiger partial charge is 0.372 e. The normalized spacial score (nSPS) is 10.6. The lowest BCUT2D eigenvalue weighted by atomic mass is 10.2. The van der Waals surface area contributed by atoms with E-state index in [0.29, 0.717) is 0 Å². The van der Waals surface area contributed by atoms with E-state index in [1.807, 2.05) is 24.3 Å². The highest BCUT2D eigenvalue weighted by Gasteiger charge is 2.10. The molecule has 0 fully saturated rings. The summed E-state index contributed by atoms with van der Waals surface area (Å²) in [6, 6.07) is 13.5. The van der Waals surface area contributed by atoms with Crippen LogP contribution < -0.4 is 15.6 Å². The van der Waals surface area contributed by atoms with E-state index in [4.69, 9.17) is 0 Å². The van der Waals surface area contributed by atoms with Crippen molar-refractivity contribution in [2.24, 2.45) is 5.10 Å². The lowest BCUT2D eigenvalue weighted by Gasteiger charge is -2.20. The van der Waals surface area contributed by atoms with Gasteiger partial charge in [-0.1, -0.05) is 24.3 Å². The van der Waals surface area contributed by atoms with E-state index in [1.54, 1.807) is 6.07 Å². The molecule has 2 aromatic rings. The van der Waals surface area contributed by atoms with Gasteiger partial charge in [0.1, 0.15) is 12.2 Å². The minimum absolute atomic E-state index is 0.0343. The van der Waals surface area contributed by atoms with Crippen LogP contribution in [0.15, 0.2) is 53.6 Å². The second-order valence-corrected chi connectivity index (χ2v) is 5.76. The second-order valence-electron chi connectivity index (χ2n) is 5.76. The molecule has 0 atom stereocenters. The fourth-order valence-electron chi connectivity index (χ4n) is 2.48. The minimum Gasteiger partial charge on any atom is -0.372 e. The number of para-hydroxylation sites is 1. The van der Waals surface area contributed by atoms with Crippen LogP contribution in [-0.4, -0.2) is 31.1 Å². The van der Waals surface area contributed by atoms with Crippen LogP contribution in [0.5, 0.6) is 0 Å². The van der Waals surface area contributed by atoms with Crippen LogP contribution in [-0.2, 0) is 9.59 Å². The van der Waals surface area contributed by atoms with E-state index < -0.39 is 24.1 Å². The molecular weight excluding hydrogens is 347 g/mol. The Morgan fingerprint density at radius 3 is 2.33 bits per heavy atom. The van der Waals surface area contributed by atoms with Gasteiger partial charge in [0.05, 0.1) is 11.9 Å². The Morgan fingerprint density at radius 2 is 1.70 bits per heavy atom. The average molecular weight is 370 g/mol. The van der Waals surface area contributed by atoms with E-state index in [2.05, 4.69) is 34.6 Å². The van der Waals surface area contributed by atoms with Gasteiger partial charge in [-0.2, -0.15) is 5.10 Å². The molecule has 0 saturated heterocycles. The van der Waals surface area contributed by atoms with Gasteiger partial charge >= 0.3 is 0 Å². The molecule has 2 aromatic carbocycles. The zero-order chi connectivity index (χ0) is 19.6. The summed E-state index contributed by atoms with van der Waals surface area (Å²) in [4.78, 5) is 25.7. The van der Waals surface area contributed by atoms with E-state index in [9.17, 15) is 14.0 Å². The summed E-state index contributed by atoms with van der Waals surface area (Å²) >= 11 is 0. The van der Waals surface area contributed by atoms with Crippen molar-refractivity contribution >= 4 is 29.4 Å². The summed E-state index contributed by atoms with van der Waals surface area (Å²) in [5.74, 6) is -1.76. The number of benzene rings is 2.